The molecule has 0 spiro atoms. The van der Waals surface area contributed by atoms with E-state index < -0.39 is 30.6 Å². The van der Waals surface area contributed by atoms with Crippen LogP contribution in [0.3, 0.4) is 0 Å². The van der Waals surface area contributed by atoms with Crippen molar-refractivity contribution < 1.29 is 35.9 Å². The number of halogens is 6. The first-order valence-electron chi connectivity index (χ1n) is 8.73. The van der Waals surface area contributed by atoms with Crippen LogP contribution in [0.1, 0.15) is 26.7 Å². The molecule has 0 fully saturated rings. The van der Waals surface area contributed by atoms with Crippen LogP contribution in [0.2, 0.25) is 0 Å². The normalized spacial score (nSPS) is 13.3. The highest BCUT2D eigenvalue weighted by Crippen LogP contribution is 2.41. The van der Waals surface area contributed by atoms with Crippen LogP contribution in [0, 0.1) is 5.92 Å². The summed E-state index contributed by atoms with van der Waals surface area (Å²) in [4.78, 5) is 16.2. The van der Waals surface area contributed by atoms with Gasteiger partial charge in [-0.2, -0.15) is 26.3 Å². The molecule has 0 bridgehead atoms. The predicted octanol–water partition coefficient (Wildman–Crippen LogP) is 6.27. The fraction of sp³-hybridized carbons (Fsp3) is 0.556. The SMILES string of the molecule is COC(C)(C)CCSc1nc2ccc(NC(=O)CC(C(F)(F)F)C(F)(F)F)cc2s1. The van der Waals surface area contributed by atoms with Crippen LogP contribution in [0.25, 0.3) is 10.2 Å². The molecule has 0 saturated heterocycles. The van der Waals surface area contributed by atoms with Crippen molar-refractivity contribution in [1.29, 1.82) is 0 Å². The Hall–Kier alpha value is -1.53. The van der Waals surface area contributed by atoms with Crippen molar-refractivity contribution in [3.8, 4) is 0 Å². The van der Waals surface area contributed by atoms with E-state index >= 15 is 0 Å². The molecule has 0 saturated carbocycles. The Kier molecular flexibility index (Phi) is 7.68. The Morgan fingerprint density at radius 2 is 1.83 bits per heavy atom. The first-order valence-corrected chi connectivity index (χ1v) is 10.5. The summed E-state index contributed by atoms with van der Waals surface area (Å²) in [6.45, 7) is 3.92. The molecule has 30 heavy (non-hydrogen) atoms. The number of methoxy groups -OCH3 is 1. The Morgan fingerprint density at radius 1 is 1.20 bits per heavy atom. The third-order valence-electron chi connectivity index (χ3n) is 4.31. The molecule has 1 heterocycles. The smallest absolute Gasteiger partial charge is 0.379 e. The van der Waals surface area contributed by atoms with Crippen molar-refractivity contribution in [2.45, 2.75) is 49.0 Å². The van der Waals surface area contributed by atoms with E-state index in [9.17, 15) is 31.1 Å². The fourth-order valence-corrected chi connectivity index (χ4v) is 4.77. The van der Waals surface area contributed by atoms with Gasteiger partial charge in [-0.15, -0.1) is 11.3 Å². The number of rotatable bonds is 8. The number of thioether (sulfide) groups is 1. The number of hydrogen-bond acceptors (Lipinski definition) is 5. The summed E-state index contributed by atoms with van der Waals surface area (Å²) in [6, 6.07) is 4.42. The average molecular weight is 474 g/mol. The highest BCUT2D eigenvalue weighted by Gasteiger charge is 2.57. The van der Waals surface area contributed by atoms with Crippen LogP contribution in [0.5, 0.6) is 0 Å². The van der Waals surface area contributed by atoms with Gasteiger partial charge in [-0.05, 0) is 38.5 Å². The maximum atomic E-state index is 12.6. The molecule has 1 aromatic heterocycles. The number of ether oxygens (including phenoxy) is 1. The number of carbonyl (C=O) groups excluding carboxylic acids is 1. The van der Waals surface area contributed by atoms with Gasteiger partial charge in [-0.1, -0.05) is 11.8 Å². The standard InChI is InChI=1S/C18H20F6N2O2S2/c1-16(2,28-3)6-7-29-15-26-11-5-4-10(8-12(11)30-15)25-14(27)9-13(17(19,20)21)18(22,23)24/h4-5,8,13H,6-7,9H2,1-3H3,(H,25,27). The molecule has 0 aliphatic carbocycles. The molecule has 1 aromatic carbocycles. The van der Waals surface area contributed by atoms with Gasteiger partial charge in [0.25, 0.3) is 0 Å². The van der Waals surface area contributed by atoms with Crippen molar-refractivity contribution in [3.05, 3.63) is 18.2 Å². The highest BCUT2D eigenvalue weighted by atomic mass is 32.2. The number of anilines is 1. The minimum absolute atomic E-state index is 0.108. The number of alkyl halides is 6. The zero-order valence-electron chi connectivity index (χ0n) is 16.3. The second-order valence-corrected chi connectivity index (χ2v) is 9.49. The minimum atomic E-state index is -5.55. The first kappa shape index (κ1) is 24.7. The van der Waals surface area contributed by atoms with Gasteiger partial charge in [-0.3, -0.25) is 4.79 Å². The topological polar surface area (TPSA) is 51.2 Å². The molecule has 1 N–H and O–H groups in total. The Morgan fingerprint density at radius 3 is 2.40 bits per heavy atom. The van der Waals surface area contributed by atoms with Crippen molar-refractivity contribution >= 4 is 44.9 Å². The number of nitrogens with zero attached hydrogens (tertiary/aromatic N) is 1. The number of thiazole rings is 1. The molecule has 0 unspecified atom stereocenters. The lowest BCUT2D eigenvalue weighted by molar-refractivity contribution is -0.283. The van der Waals surface area contributed by atoms with Gasteiger partial charge in [0, 0.05) is 25.0 Å². The fourth-order valence-electron chi connectivity index (χ4n) is 2.34. The summed E-state index contributed by atoms with van der Waals surface area (Å²) >= 11 is 2.83. The van der Waals surface area contributed by atoms with E-state index in [1.807, 2.05) is 13.8 Å². The molecule has 2 rings (SSSR count). The lowest BCUT2D eigenvalue weighted by atomic mass is 10.0. The van der Waals surface area contributed by atoms with Crippen LogP contribution in [-0.2, 0) is 9.53 Å². The quantitative estimate of drug-likeness (QED) is 0.362. The molecule has 12 heteroatoms. The molecular weight excluding hydrogens is 454 g/mol. The van der Waals surface area contributed by atoms with E-state index in [2.05, 4.69) is 10.3 Å². The third-order valence-corrected chi connectivity index (χ3v) is 6.48. The van der Waals surface area contributed by atoms with E-state index in [1.165, 1.54) is 35.2 Å². The van der Waals surface area contributed by atoms with E-state index in [0.29, 0.717) is 10.2 Å². The summed E-state index contributed by atoms with van der Waals surface area (Å²) in [5, 5.41) is 2.11. The second-order valence-electron chi connectivity index (χ2n) is 7.11. The van der Waals surface area contributed by atoms with Crippen LogP contribution in [-0.4, -0.2) is 41.7 Å². The minimum Gasteiger partial charge on any atom is -0.379 e. The molecule has 1 amide bonds. The van der Waals surface area contributed by atoms with Crippen LogP contribution in [0.4, 0.5) is 32.0 Å². The van der Waals surface area contributed by atoms with Crippen LogP contribution in [0.15, 0.2) is 22.5 Å². The highest BCUT2D eigenvalue weighted by molar-refractivity contribution is 8.01. The molecule has 0 aliphatic heterocycles. The average Bonchev–Trinajstić information content (AvgIpc) is 2.99. The summed E-state index contributed by atoms with van der Waals surface area (Å²) in [6.07, 6.45) is -12.1. The maximum absolute atomic E-state index is 12.6. The number of nitrogens with one attached hydrogen (secondary N) is 1. The van der Waals surface area contributed by atoms with Crippen LogP contribution >= 0.6 is 23.1 Å². The predicted molar refractivity (Wildman–Crippen MR) is 105 cm³/mol. The van der Waals surface area contributed by atoms with Gasteiger partial charge in [0.15, 0.2) is 10.3 Å². The summed E-state index contributed by atoms with van der Waals surface area (Å²) in [5.74, 6) is -4.33. The molecule has 4 nitrogen and oxygen atoms in total. The van der Waals surface area contributed by atoms with Crippen LogP contribution < -0.4 is 5.32 Å². The molecule has 168 valence electrons. The van der Waals surface area contributed by atoms with Crippen molar-refractivity contribution in [1.82, 2.24) is 4.98 Å². The van der Waals surface area contributed by atoms with Crippen molar-refractivity contribution in [2.75, 3.05) is 18.2 Å². The third kappa shape index (κ3) is 7.02. The van der Waals surface area contributed by atoms with E-state index in [-0.39, 0.29) is 11.3 Å². The Balaban J connectivity index is 2.04. The van der Waals surface area contributed by atoms with Gasteiger partial charge in [0.05, 0.1) is 15.8 Å². The van der Waals surface area contributed by atoms with Gasteiger partial charge >= 0.3 is 12.4 Å². The van der Waals surface area contributed by atoms with E-state index in [1.54, 1.807) is 13.2 Å². The van der Waals surface area contributed by atoms with Crippen molar-refractivity contribution in [2.24, 2.45) is 5.92 Å². The summed E-state index contributed by atoms with van der Waals surface area (Å²) < 4.78 is 82.4. The van der Waals surface area contributed by atoms with Gasteiger partial charge in [0.2, 0.25) is 5.91 Å². The van der Waals surface area contributed by atoms with Gasteiger partial charge in [-0.25, -0.2) is 4.98 Å². The Labute approximate surface area is 177 Å². The monoisotopic (exact) mass is 474 g/mol. The lowest BCUT2D eigenvalue weighted by Gasteiger charge is -2.22. The van der Waals surface area contributed by atoms with E-state index in [0.717, 1.165) is 16.5 Å². The largest absolute Gasteiger partial charge is 0.400 e. The molecule has 0 aliphatic rings. The number of fused-ring (bicyclic) bond motifs is 1. The van der Waals surface area contributed by atoms with Gasteiger partial charge < -0.3 is 10.1 Å². The van der Waals surface area contributed by atoms with Crippen molar-refractivity contribution in [3.63, 3.8) is 0 Å². The molecular formula is C18H20F6N2O2S2. The van der Waals surface area contributed by atoms with E-state index in [4.69, 9.17) is 4.74 Å². The van der Waals surface area contributed by atoms with Gasteiger partial charge in [0.1, 0.15) is 0 Å². The summed E-state index contributed by atoms with van der Waals surface area (Å²) in [5.41, 5.74) is 0.456. The number of benzene rings is 1. The Bertz CT molecular complexity index is 866. The molecule has 2 aromatic rings. The summed E-state index contributed by atoms with van der Waals surface area (Å²) in [7, 11) is 1.63. The number of amides is 1. The maximum Gasteiger partial charge on any atom is 0.400 e. The number of aromatic nitrogens is 1. The first-order chi connectivity index (χ1) is 13.7. The molecule has 0 atom stereocenters. The molecule has 0 radical (unpaired) electrons. The number of hydrogen-bond donors (Lipinski definition) is 1. The second kappa shape index (κ2) is 9.31. The zero-order valence-corrected chi connectivity index (χ0v) is 17.9. The zero-order chi connectivity index (χ0) is 22.7. The lowest BCUT2D eigenvalue weighted by Crippen LogP contribution is -2.39. The number of carbonyl (C=O) groups is 1.